The first kappa shape index (κ1) is 14.7. The van der Waals surface area contributed by atoms with Gasteiger partial charge in [-0.1, -0.05) is 24.3 Å². The van der Waals surface area contributed by atoms with E-state index in [1.807, 2.05) is 31.2 Å². The van der Waals surface area contributed by atoms with Gasteiger partial charge in [0.2, 0.25) is 5.91 Å². The van der Waals surface area contributed by atoms with Crippen LogP contribution in [0.25, 0.3) is 0 Å². The highest BCUT2D eigenvalue weighted by Gasteiger charge is 2.07. The molecule has 1 aromatic carbocycles. The SMILES string of the molecule is COCCC(C)NC(=O)Cc1ccc(CN)cc1. The van der Waals surface area contributed by atoms with E-state index in [0.29, 0.717) is 19.6 Å². The van der Waals surface area contributed by atoms with Crippen LogP contribution in [0.2, 0.25) is 0 Å². The second kappa shape index (κ2) is 7.84. The molecule has 18 heavy (non-hydrogen) atoms. The third-order valence-electron chi connectivity index (χ3n) is 2.79. The smallest absolute Gasteiger partial charge is 0.224 e. The zero-order valence-electron chi connectivity index (χ0n) is 11.1. The second-order valence-electron chi connectivity index (χ2n) is 4.45. The summed E-state index contributed by atoms with van der Waals surface area (Å²) in [6, 6.07) is 7.94. The zero-order valence-corrected chi connectivity index (χ0v) is 11.1. The van der Waals surface area contributed by atoms with Gasteiger partial charge in [0.25, 0.3) is 0 Å². The van der Waals surface area contributed by atoms with E-state index in [9.17, 15) is 4.79 Å². The lowest BCUT2D eigenvalue weighted by atomic mass is 10.1. The molecule has 1 unspecified atom stereocenters. The molecule has 0 saturated carbocycles. The molecule has 1 atom stereocenters. The van der Waals surface area contributed by atoms with Crippen LogP contribution in [-0.4, -0.2) is 25.7 Å². The maximum absolute atomic E-state index is 11.8. The fourth-order valence-electron chi connectivity index (χ4n) is 1.67. The van der Waals surface area contributed by atoms with Gasteiger partial charge in [0.05, 0.1) is 6.42 Å². The van der Waals surface area contributed by atoms with Crippen molar-refractivity contribution in [3.05, 3.63) is 35.4 Å². The van der Waals surface area contributed by atoms with E-state index in [-0.39, 0.29) is 11.9 Å². The number of nitrogens with two attached hydrogens (primary N) is 1. The molecule has 3 N–H and O–H groups in total. The van der Waals surface area contributed by atoms with Crippen molar-refractivity contribution >= 4 is 5.91 Å². The molecule has 4 nitrogen and oxygen atoms in total. The van der Waals surface area contributed by atoms with Crippen LogP contribution in [0, 0.1) is 0 Å². The number of nitrogens with one attached hydrogen (secondary N) is 1. The maximum atomic E-state index is 11.8. The van der Waals surface area contributed by atoms with Crippen molar-refractivity contribution in [2.24, 2.45) is 5.73 Å². The van der Waals surface area contributed by atoms with Crippen LogP contribution in [0.5, 0.6) is 0 Å². The van der Waals surface area contributed by atoms with E-state index in [1.54, 1.807) is 7.11 Å². The lowest BCUT2D eigenvalue weighted by Gasteiger charge is -2.13. The summed E-state index contributed by atoms with van der Waals surface area (Å²) >= 11 is 0. The normalized spacial score (nSPS) is 12.2. The Kier molecular flexibility index (Phi) is 6.39. The summed E-state index contributed by atoms with van der Waals surface area (Å²) in [6.45, 7) is 3.17. The number of benzene rings is 1. The number of ether oxygens (including phenoxy) is 1. The van der Waals surface area contributed by atoms with Gasteiger partial charge in [-0.3, -0.25) is 4.79 Å². The predicted octanol–water partition coefficient (Wildman–Crippen LogP) is 1.23. The van der Waals surface area contributed by atoms with Crippen LogP contribution < -0.4 is 11.1 Å². The highest BCUT2D eigenvalue weighted by atomic mass is 16.5. The highest BCUT2D eigenvalue weighted by Crippen LogP contribution is 2.05. The molecule has 100 valence electrons. The molecular formula is C14H22N2O2. The number of rotatable bonds is 7. The monoisotopic (exact) mass is 250 g/mol. The molecule has 0 fully saturated rings. The van der Waals surface area contributed by atoms with E-state index < -0.39 is 0 Å². The number of carbonyl (C=O) groups is 1. The van der Waals surface area contributed by atoms with Gasteiger partial charge in [-0.25, -0.2) is 0 Å². The maximum Gasteiger partial charge on any atom is 0.224 e. The standard InChI is InChI=1S/C14H22N2O2/c1-11(7-8-18-2)16-14(17)9-12-3-5-13(10-15)6-4-12/h3-6,11H,7-10,15H2,1-2H3,(H,16,17). The van der Waals surface area contributed by atoms with Gasteiger partial charge in [-0.05, 0) is 24.5 Å². The van der Waals surface area contributed by atoms with Gasteiger partial charge in [0.1, 0.15) is 0 Å². The van der Waals surface area contributed by atoms with E-state index in [0.717, 1.165) is 17.5 Å². The second-order valence-corrected chi connectivity index (χ2v) is 4.45. The Morgan fingerprint density at radius 3 is 2.50 bits per heavy atom. The third kappa shape index (κ3) is 5.29. The van der Waals surface area contributed by atoms with Gasteiger partial charge < -0.3 is 15.8 Å². The van der Waals surface area contributed by atoms with E-state index in [1.165, 1.54) is 0 Å². The van der Waals surface area contributed by atoms with Crippen LogP contribution in [0.15, 0.2) is 24.3 Å². The average Bonchev–Trinajstić information content (AvgIpc) is 2.37. The fraction of sp³-hybridized carbons (Fsp3) is 0.500. The molecule has 1 amide bonds. The molecule has 1 rings (SSSR count). The summed E-state index contributed by atoms with van der Waals surface area (Å²) in [4.78, 5) is 11.8. The molecule has 0 spiro atoms. The van der Waals surface area contributed by atoms with Gasteiger partial charge >= 0.3 is 0 Å². The summed E-state index contributed by atoms with van der Waals surface area (Å²) < 4.78 is 4.97. The minimum atomic E-state index is 0.0408. The average molecular weight is 250 g/mol. The van der Waals surface area contributed by atoms with Crippen LogP contribution >= 0.6 is 0 Å². The van der Waals surface area contributed by atoms with E-state index >= 15 is 0 Å². The van der Waals surface area contributed by atoms with Crippen molar-refractivity contribution in [1.29, 1.82) is 0 Å². The first-order valence-corrected chi connectivity index (χ1v) is 6.22. The molecule has 0 aliphatic carbocycles. The van der Waals surface area contributed by atoms with Crippen molar-refractivity contribution in [2.75, 3.05) is 13.7 Å². The van der Waals surface area contributed by atoms with Crippen molar-refractivity contribution in [3.8, 4) is 0 Å². The van der Waals surface area contributed by atoms with Crippen molar-refractivity contribution in [2.45, 2.75) is 32.4 Å². The molecule has 0 aliphatic rings. The van der Waals surface area contributed by atoms with Crippen molar-refractivity contribution in [1.82, 2.24) is 5.32 Å². The van der Waals surface area contributed by atoms with Gasteiger partial charge in [-0.15, -0.1) is 0 Å². The number of methoxy groups -OCH3 is 1. The Hall–Kier alpha value is -1.39. The molecule has 0 aliphatic heterocycles. The minimum absolute atomic E-state index is 0.0408. The lowest BCUT2D eigenvalue weighted by Crippen LogP contribution is -2.34. The Morgan fingerprint density at radius 2 is 1.94 bits per heavy atom. The van der Waals surface area contributed by atoms with Crippen molar-refractivity contribution in [3.63, 3.8) is 0 Å². The Bertz CT molecular complexity index is 363. The highest BCUT2D eigenvalue weighted by molar-refractivity contribution is 5.78. The largest absolute Gasteiger partial charge is 0.385 e. The molecule has 0 aromatic heterocycles. The van der Waals surface area contributed by atoms with E-state index in [4.69, 9.17) is 10.5 Å². The first-order chi connectivity index (χ1) is 8.65. The summed E-state index contributed by atoms with van der Waals surface area (Å²) in [5.74, 6) is 0.0408. The van der Waals surface area contributed by atoms with Crippen molar-refractivity contribution < 1.29 is 9.53 Å². The fourth-order valence-corrected chi connectivity index (χ4v) is 1.67. The Morgan fingerprint density at radius 1 is 1.33 bits per heavy atom. The lowest BCUT2D eigenvalue weighted by molar-refractivity contribution is -0.121. The number of hydrogen-bond donors (Lipinski definition) is 2. The summed E-state index contributed by atoms with van der Waals surface area (Å²) in [5.41, 5.74) is 7.60. The van der Waals surface area contributed by atoms with Crippen LogP contribution in [0.4, 0.5) is 0 Å². The van der Waals surface area contributed by atoms with Crippen LogP contribution in [-0.2, 0) is 22.5 Å². The molecule has 0 heterocycles. The summed E-state index contributed by atoms with van der Waals surface area (Å²) in [7, 11) is 1.66. The number of hydrogen-bond acceptors (Lipinski definition) is 3. The molecule has 4 heteroatoms. The third-order valence-corrected chi connectivity index (χ3v) is 2.79. The molecule has 0 bridgehead atoms. The minimum Gasteiger partial charge on any atom is -0.385 e. The summed E-state index contributed by atoms with van der Waals surface area (Å²) in [5, 5.41) is 2.95. The number of carbonyl (C=O) groups excluding carboxylic acids is 1. The Balaban J connectivity index is 2.39. The predicted molar refractivity (Wildman–Crippen MR) is 72.1 cm³/mol. The zero-order chi connectivity index (χ0) is 13.4. The molecule has 0 radical (unpaired) electrons. The first-order valence-electron chi connectivity index (χ1n) is 6.22. The molecule has 1 aromatic rings. The van der Waals surface area contributed by atoms with E-state index in [2.05, 4.69) is 5.32 Å². The van der Waals surface area contributed by atoms with Crippen LogP contribution in [0.1, 0.15) is 24.5 Å². The topological polar surface area (TPSA) is 64.3 Å². The van der Waals surface area contributed by atoms with Gasteiger partial charge in [-0.2, -0.15) is 0 Å². The molecular weight excluding hydrogens is 228 g/mol. The Labute approximate surface area is 109 Å². The summed E-state index contributed by atoms with van der Waals surface area (Å²) in [6.07, 6.45) is 1.23. The molecule has 0 saturated heterocycles. The van der Waals surface area contributed by atoms with Gasteiger partial charge in [0, 0.05) is 26.3 Å². The van der Waals surface area contributed by atoms with Crippen LogP contribution in [0.3, 0.4) is 0 Å². The number of amides is 1. The quantitative estimate of drug-likeness (QED) is 0.765. The van der Waals surface area contributed by atoms with Gasteiger partial charge in [0.15, 0.2) is 0 Å².